The van der Waals surface area contributed by atoms with Crippen LogP contribution in [0.2, 0.25) is 0 Å². The molecule has 0 aliphatic carbocycles. The molecule has 1 N–H and O–H groups in total. The summed E-state index contributed by atoms with van der Waals surface area (Å²) in [5, 5.41) is 2.76. The molecule has 6 heteroatoms. The van der Waals surface area contributed by atoms with E-state index < -0.39 is 0 Å². The van der Waals surface area contributed by atoms with Crippen LogP contribution in [0, 0.1) is 0 Å². The fourth-order valence-electron chi connectivity index (χ4n) is 2.54. The number of hydrogen-bond acceptors (Lipinski definition) is 4. The van der Waals surface area contributed by atoms with Crippen LogP contribution in [0.25, 0.3) is 6.08 Å². The van der Waals surface area contributed by atoms with Crippen LogP contribution in [0.5, 0.6) is 0 Å². The van der Waals surface area contributed by atoms with E-state index in [0.717, 1.165) is 18.4 Å². The van der Waals surface area contributed by atoms with Gasteiger partial charge in [-0.05, 0) is 62.0 Å². The summed E-state index contributed by atoms with van der Waals surface area (Å²) in [6.07, 6.45) is 5.49. The summed E-state index contributed by atoms with van der Waals surface area (Å²) in [4.78, 5) is 26.1. The van der Waals surface area contributed by atoms with Crippen molar-refractivity contribution < 1.29 is 14.3 Å². The van der Waals surface area contributed by atoms with Gasteiger partial charge in [-0.3, -0.25) is 4.79 Å². The van der Waals surface area contributed by atoms with E-state index in [-0.39, 0.29) is 24.3 Å². The fraction of sp³-hybridized carbons (Fsp3) is 0.304. The number of likely N-dealkylation sites (N-methyl/N-ethyl adjacent to an activating group) is 1. The van der Waals surface area contributed by atoms with Crippen LogP contribution in [0.15, 0.2) is 54.7 Å². The molecule has 0 unspecified atom stereocenters. The molecule has 1 amide bonds. The van der Waals surface area contributed by atoms with E-state index in [0.29, 0.717) is 24.3 Å². The molecule has 0 saturated heterocycles. The quantitative estimate of drug-likeness (QED) is 0.623. The van der Waals surface area contributed by atoms with Gasteiger partial charge in [-0.1, -0.05) is 37.6 Å². The molecule has 2 aromatic rings. The predicted molar refractivity (Wildman–Crippen MR) is 119 cm³/mol. The molecule has 0 aliphatic heterocycles. The Hall–Kier alpha value is -2.63. The second kappa shape index (κ2) is 12.8. The summed E-state index contributed by atoms with van der Waals surface area (Å²) >= 11 is 0. The van der Waals surface area contributed by atoms with Crippen molar-refractivity contribution in [3.05, 3.63) is 77.0 Å². The van der Waals surface area contributed by atoms with E-state index in [1.165, 1.54) is 5.56 Å². The topological polar surface area (TPSA) is 58.6 Å². The number of hydrogen-bond donors (Lipinski definition) is 1. The first kappa shape index (κ1) is 24.4. The van der Waals surface area contributed by atoms with Crippen molar-refractivity contribution in [2.45, 2.75) is 19.8 Å². The molecule has 0 heterocycles. The Bertz CT molecular complexity index is 800. The normalized spacial score (nSPS) is 10.6. The van der Waals surface area contributed by atoms with E-state index in [9.17, 15) is 9.59 Å². The molecule has 0 aliphatic rings. The minimum absolute atomic E-state index is 0. The van der Waals surface area contributed by atoms with Gasteiger partial charge in [0.15, 0.2) is 0 Å². The monoisotopic (exact) mass is 416 g/mol. The summed E-state index contributed by atoms with van der Waals surface area (Å²) in [5.41, 5.74) is 3.24. The molecule has 0 spiro atoms. The highest BCUT2D eigenvalue weighted by molar-refractivity contribution is 5.95. The summed E-state index contributed by atoms with van der Waals surface area (Å²) in [6.45, 7) is 3.18. The number of esters is 1. The van der Waals surface area contributed by atoms with Crippen LogP contribution in [-0.4, -0.2) is 44.0 Å². The summed E-state index contributed by atoms with van der Waals surface area (Å²) in [6, 6.07) is 14.7. The molecule has 0 saturated carbocycles. The van der Waals surface area contributed by atoms with Gasteiger partial charge in [-0.15, -0.1) is 12.4 Å². The Kier molecular flexibility index (Phi) is 10.7. The van der Waals surface area contributed by atoms with E-state index >= 15 is 0 Å². The van der Waals surface area contributed by atoms with Gasteiger partial charge in [0, 0.05) is 18.3 Å². The lowest BCUT2D eigenvalue weighted by Crippen LogP contribution is -2.20. The number of benzene rings is 2. The number of ether oxygens (including phenoxy) is 1. The molecule has 5 nitrogen and oxygen atoms in total. The fourth-order valence-corrected chi connectivity index (χ4v) is 2.54. The lowest BCUT2D eigenvalue weighted by Gasteiger charge is -2.09. The molecule has 0 atom stereocenters. The van der Waals surface area contributed by atoms with Crippen LogP contribution in [-0.2, 0) is 11.2 Å². The van der Waals surface area contributed by atoms with E-state index in [4.69, 9.17) is 4.74 Å². The zero-order valence-corrected chi connectivity index (χ0v) is 18.0. The van der Waals surface area contributed by atoms with Gasteiger partial charge in [0.25, 0.3) is 5.91 Å². The van der Waals surface area contributed by atoms with Crippen LogP contribution < -0.4 is 5.32 Å². The number of amides is 1. The number of aryl methyl sites for hydroxylation is 1. The molecule has 0 bridgehead atoms. The van der Waals surface area contributed by atoms with Crippen LogP contribution in [0.3, 0.4) is 0 Å². The van der Waals surface area contributed by atoms with Crippen molar-refractivity contribution in [1.82, 2.24) is 10.2 Å². The molecule has 0 aromatic heterocycles. The Labute approximate surface area is 179 Å². The maximum absolute atomic E-state index is 12.2. The van der Waals surface area contributed by atoms with Gasteiger partial charge in [0.1, 0.15) is 6.61 Å². The van der Waals surface area contributed by atoms with Gasteiger partial charge in [-0.25, -0.2) is 4.79 Å². The third kappa shape index (κ3) is 8.50. The summed E-state index contributed by atoms with van der Waals surface area (Å²) < 4.78 is 5.21. The highest BCUT2D eigenvalue weighted by Crippen LogP contribution is 2.09. The SMILES string of the molecule is CCCc1ccc(C(=O)N/C=C/c2ccc(C(=O)OCCN(C)C)cc2)cc1.Cl. The van der Waals surface area contributed by atoms with E-state index in [1.54, 1.807) is 24.4 Å². The standard InChI is InChI=1S/C23H28N2O3.ClH/c1-4-5-18-6-10-20(11-7-18)22(26)24-15-14-19-8-12-21(13-9-19)23(27)28-17-16-25(2)3;/h6-15H,4-5,16-17H2,1-3H3,(H,24,26);1H/b15-14+;. The minimum atomic E-state index is -0.336. The third-order valence-electron chi connectivity index (χ3n) is 4.16. The molecule has 2 aromatic carbocycles. The van der Waals surface area contributed by atoms with Crippen molar-refractivity contribution in [1.29, 1.82) is 0 Å². The van der Waals surface area contributed by atoms with Crippen molar-refractivity contribution in [2.75, 3.05) is 27.2 Å². The third-order valence-corrected chi connectivity index (χ3v) is 4.16. The van der Waals surface area contributed by atoms with Crippen molar-refractivity contribution in [2.24, 2.45) is 0 Å². The maximum atomic E-state index is 12.2. The predicted octanol–water partition coefficient (Wildman–Crippen LogP) is 4.18. The summed E-state index contributed by atoms with van der Waals surface area (Å²) in [7, 11) is 3.85. The number of halogens is 1. The van der Waals surface area contributed by atoms with Gasteiger partial charge >= 0.3 is 5.97 Å². The minimum Gasteiger partial charge on any atom is -0.461 e. The van der Waals surface area contributed by atoms with Crippen molar-refractivity contribution in [3.8, 4) is 0 Å². The van der Waals surface area contributed by atoms with Crippen molar-refractivity contribution in [3.63, 3.8) is 0 Å². The Morgan fingerprint density at radius 1 is 1.00 bits per heavy atom. The average Bonchev–Trinajstić information content (AvgIpc) is 2.69. The number of nitrogens with zero attached hydrogens (tertiary/aromatic N) is 1. The Morgan fingerprint density at radius 3 is 2.21 bits per heavy atom. The van der Waals surface area contributed by atoms with Crippen LogP contribution in [0.4, 0.5) is 0 Å². The number of carbonyl (C=O) groups excluding carboxylic acids is 2. The zero-order chi connectivity index (χ0) is 20.4. The zero-order valence-electron chi connectivity index (χ0n) is 17.2. The van der Waals surface area contributed by atoms with Crippen LogP contribution in [0.1, 0.15) is 45.2 Å². The summed E-state index contributed by atoms with van der Waals surface area (Å²) in [5.74, 6) is -0.488. The maximum Gasteiger partial charge on any atom is 0.338 e. The first-order valence-electron chi connectivity index (χ1n) is 9.48. The number of nitrogens with one attached hydrogen (secondary N) is 1. The largest absolute Gasteiger partial charge is 0.461 e. The Balaban J connectivity index is 0.00000420. The lowest BCUT2D eigenvalue weighted by molar-refractivity contribution is 0.0481. The van der Waals surface area contributed by atoms with E-state index in [1.807, 2.05) is 55.4 Å². The molecule has 0 radical (unpaired) electrons. The Morgan fingerprint density at radius 2 is 1.62 bits per heavy atom. The van der Waals surface area contributed by atoms with Gasteiger partial charge in [-0.2, -0.15) is 0 Å². The first-order chi connectivity index (χ1) is 13.5. The number of rotatable bonds is 9. The highest BCUT2D eigenvalue weighted by Gasteiger charge is 2.07. The highest BCUT2D eigenvalue weighted by atomic mass is 35.5. The second-order valence-corrected chi connectivity index (χ2v) is 6.81. The lowest BCUT2D eigenvalue weighted by atomic mass is 10.1. The van der Waals surface area contributed by atoms with E-state index in [2.05, 4.69) is 12.2 Å². The first-order valence-corrected chi connectivity index (χ1v) is 9.48. The molecule has 29 heavy (non-hydrogen) atoms. The van der Waals surface area contributed by atoms with Crippen molar-refractivity contribution >= 4 is 30.4 Å². The van der Waals surface area contributed by atoms with Gasteiger partial charge in [0.2, 0.25) is 0 Å². The van der Waals surface area contributed by atoms with Gasteiger partial charge in [0.05, 0.1) is 5.56 Å². The molecule has 156 valence electrons. The molecular weight excluding hydrogens is 388 g/mol. The second-order valence-electron chi connectivity index (χ2n) is 6.81. The molecule has 0 fully saturated rings. The molecule has 2 rings (SSSR count). The average molecular weight is 417 g/mol. The smallest absolute Gasteiger partial charge is 0.338 e. The number of carbonyl (C=O) groups is 2. The van der Waals surface area contributed by atoms with Gasteiger partial charge < -0.3 is 15.0 Å². The molecular formula is C23H29ClN2O3. The van der Waals surface area contributed by atoms with Crippen LogP contribution >= 0.6 is 12.4 Å².